The molecule has 0 bridgehead atoms. The van der Waals surface area contributed by atoms with Gasteiger partial charge in [-0.3, -0.25) is 0 Å². The van der Waals surface area contributed by atoms with Crippen LogP contribution in [0.5, 0.6) is 0 Å². The second kappa shape index (κ2) is 5.18. The lowest BCUT2D eigenvalue weighted by molar-refractivity contribution is -0.140. The number of amides is 2. The molecule has 2 N–H and O–H groups in total. The van der Waals surface area contributed by atoms with Gasteiger partial charge in [-0.1, -0.05) is 13.8 Å². The van der Waals surface area contributed by atoms with Gasteiger partial charge >= 0.3 is 12.0 Å². The van der Waals surface area contributed by atoms with Gasteiger partial charge in [0, 0.05) is 13.1 Å². The summed E-state index contributed by atoms with van der Waals surface area (Å²) in [5, 5.41) is 11.5. The quantitative estimate of drug-likeness (QED) is 0.761. The van der Waals surface area contributed by atoms with Crippen LogP contribution in [0.4, 0.5) is 4.79 Å². The molecular weight excluding hydrogens is 208 g/mol. The maximum Gasteiger partial charge on any atom is 0.326 e. The molecule has 0 aromatic rings. The summed E-state index contributed by atoms with van der Waals surface area (Å²) in [6.07, 6.45) is 3.18. The summed E-state index contributed by atoms with van der Waals surface area (Å²) in [6.45, 7) is 3.56. The molecule has 0 heterocycles. The van der Waals surface area contributed by atoms with Gasteiger partial charge in [0.15, 0.2) is 0 Å². The number of nitrogens with one attached hydrogen (secondary N) is 1. The molecule has 5 nitrogen and oxygen atoms in total. The van der Waals surface area contributed by atoms with E-state index in [1.54, 1.807) is 25.8 Å². The number of urea groups is 1. The molecular formula is C11H20N2O3. The number of carbonyl (C=O) groups excluding carboxylic acids is 1. The van der Waals surface area contributed by atoms with Crippen molar-refractivity contribution in [1.29, 1.82) is 0 Å². The van der Waals surface area contributed by atoms with Gasteiger partial charge in [-0.2, -0.15) is 0 Å². The van der Waals surface area contributed by atoms with Crippen LogP contribution in [0, 0.1) is 5.92 Å². The van der Waals surface area contributed by atoms with Crippen LogP contribution >= 0.6 is 0 Å². The number of rotatable bonds is 4. The molecule has 1 aliphatic carbocycles. The Morgan fingerprint density at radius 1 is 1.38 bits per heavy atom. The molecule has 0 spiro atoms. The van der Waals surface area contributed by atoms with E-state index in [4.69, 9.17) is 5.11 Å². The first-order valence-electron chi connectivity index (χ1n) is 5.69. The van der Waals surface area contributed by atoms with Gasteiger partial charge < -0.3 is 15.3 Å². The number of carbonyl (C=O) groups is 2. The van der Waals surface area contributed by atoms with E-state index in [0.717, 1.165) is 19.3 Å². The average molecular weight is 228 g/mol. The minimum Gasteiger partial charge on any atom is -0.480 e. The lowest BCUT2D eigenvalue weighted by atomic mass is 9.92. The first kappa shape index (κ1) is 12.8. The van der Waals surface area contributed by atoms with Crippen LogP contribution in [-0.4, -0.2) is 41.1 Å². The van der Waals surface area contributed by atoms with Gasteiger partial charge in [-0.25, -0.2) is 9.59 Å². The fourth-order valence-electron chi connectivity index (χ4n) is 1.69. The molecule has 0 aromatic carbocycles. The van der Waals surface area contributed by atoms with Crippen molar-refractivity contribution in [3.63, 3.8) is 0 Å². The average Bonchev–Trinajstić information content (AvgIpc) is 2.09. The summed E-state index contributed by atoms with van der Waals surface area (Å²) in [5.41, 5.74) is 0. The molecule has 0 radical (unpaired) electrons. The Morgan fingerprint density at radius 3 is 2.25 bits per heavy atom. The number of hydrogen-bond donors (Lipinski definition) is 2. The number of carboxylic acids is 1. The molecule has 0 aliphatic heterocycles. The van der Waals surface area contributed by atoms with Crippen LogP contribution in [0.3, 0.4) is 0 Å². The van der Waals surface area contributed by atoms with Gasteiger partial charge in [-0.05, 0) is 25.2 Å². The van der Waals surface area contributed by atoms with E-state index >= 15 is 0 Å². The Labute approximate surface area is 95.8 Å². The lowest BCUT2D eigenvalue weighted by Crippen LogP contribution is -2.52. The molecule has 1 atom stereocenters. The van der Waals surface area contributed by atoms with Gasteiger partial charge in [0.2, 0.25) is 0 Å². The van der Waals surface area contributed by atoms with E-state index in [-0.39, 0.29) is 18.0 Å². The Balaban J connectivity index is 2.50. The van der Waals surface area contributed by atoms with Crippen molar-refractivity contribution >= 4 is 12.0 Å². The molecule has 2 amide bonds. The molecule has 1 rings (SSSR count). The van der Waals surface area contributed by atoms with Crippen LogP contribution in [0.1, 0.15) is 33.1 Å². The second-order valence-corrected chi connectivity index (χ2v) is 4.71. The summed E-state index contributed by atoms with van der Waals surface area (Å²) in [6, 6.07) is -0.817. The highest BCUT2D eigenvalue weighted by molar-refractivity contribution is 5.82. The minimum atomic E-state index is -0.981. The summed E-state index contributed by atoms with van der Waals surface area (Å²) in [5.74, 6) is -1.10. The third kappa shape index (κ3) is 2.87. The normalized spacial score (nSPS) is 17.8. The van der Waals surface area contributed by atoms with Crippen molar-refractivity contribution < 1.29 is 14.7 Å². The minimum absolute atomic E-state index is 0.115. The highest BCUT2D eigenvalue weighted by Gasteiger charge is 2.29. The first-order chi connectivity index (χ1) is 7.43. The Kier molecular flexibility index (Phi) is 4.15. The fourth-order valence-corrected chi connectivity index (χ4v) is 1.69. The van der Waals surface area contributed by atoms with E-state index < -0.39 is 12.0 Å². The van der Waals surface area contributed by atoms with Crippen molar-refractivity contribution in [3.8, 4) is 0 Å². The van der Waals surface area contributed by atoms with E-state index in [0.29, 0.717) is 0 Å². The molecule has 16 heavy (non-hydrogen) atoms. The third-order valence-corrected chi connectivity index (χ3v) is 3.15. The third-order valence-electron chi connectivity index (χ3n) is 3.15. The Hall–Kier alpha value is -1.26. The smallest absolute Gasteiger partial charge is 0.326 e. The standard InChI is InChI=1S/C11H20N2O3/c1-7(2)9(10(14)15)12-11(16)13(3)8-5-4-6-8/h7-9H,4-6H2,1-3H3,(H,12,16)(H,14,15). The SMILES string of the molecule is CC(C)C(NC(=O)N(C)C1CCC1)C(=O)O. The number of carboxylic acid groups (broad SMARTS) is 1. The van der Waals surface area contributed by atoms with Crippen LogP contribution < -0.4 is 5.32 Å². The number of nitrogens with zero attached hydrogens (tertiary/aromatic N) is 1. The summed E-state index contributed by atoms with van der Waals surface area (Å²) in [7, 11) is 1.72. The largest absolute Gasteiger partial charge is 0.480 e. The van der Waals surface area contributed by atoms with E-state index in [1.807, 2.05) is 0 Å². The number of hydrogen-bond acceptors (Lipinski definition) is 2. The lowest BCUT2D eigenvalue weighted by Gasteiger charge is -2.35. The second-order valence-electron chi connectivity index (χ2n) is 4.71. The zero-order valence-corrected chi connectivity index (χ0v) is 10.1. The van der Waals surface area contributed by atoms with Gasteiger partial charge in [-0.15, -0.1) is 0 Å². The Bertz CT molecular complexity index is 274. The Morgan fingerprint density at radius 2 is 1.94 bits per heavy atom. The molecule has 0 aromatic heterocycles. The van der Waals surface area contributed by atoms with Gasteiger partial charge in [0.25, 0.3) is 0 Å². The molecule has 92 valence electrons. The van der Waals surface area contributed by atoms with Crippen LogP contribution in [0.15, 0.2) is 0 Å². The number of aliphatic carboxylic acids is 1. The van der Waals surface area contributed by atoms with Crippen molar-refractivity contribution in [2.45, 2.75) is 45.2 Å². The van der Waals surface area contributed by atoms with Crippen LogP contribution in [0.25, 0.3) is 0 Å². The highest BCUT2D eigenvalue weighted by atomic mass is 16.4. The molecule has 5 heteroatoms. The van der Waals surface area contributed by atoms with Crippen molar-refractivity contribution in [1.82, 2.24) is 10.2 Å². The van der Waals surface area contributed by atoms with Gasteiger partial charge in [0.1, 0.15) is 6.04 Å². The molecule has 0 saturated heterocycles. The summed E-state index contributed by atoms with van der Waals surface area (Å²) >= 11 is 0. The first-order valence-corrected chi connectivity index (χ1v) is 5.69. The van der Waals surface area contributed by atoms with Crippen molar-refractivity contribution in [3.05, 3.63) is 0 Å². The van der Waals surface area contributed by atoms with Crippen molar-refractivity contribution in [2.75, 3.05) is 7.05 Å². The molecule has 1 aliphatic rings. The summed E-state index contributed by atoms with van der Waals surface area (Å²) in [4.78, 5) is 24.3. The monoisotopic (exact) mass is 228 g/mol. The van der Waals surface area contributed by atoms with Crippen molar-refractivity contribution in [2.24, 2.45) is 5.92 Å². The van der Waals surface area contributed by atoms with E-state index in [2.05, 4.69) is 5.32 Å². The predicted molar refractivity (Wildman–Crippen MR) is 60.2 cm³/mol. The highest BCUT2D eigenvalue weighted by Crippen LogP contribution is 2.23. The maximum atomic E-state index is 11.7. The topological polar surface area (TPSA) is 69.6 Å². The van der Waals surface area contributed by atoms with Crippen LogP contribution in [-0.2, 0) is 4.79 Å². The molecule has 1 unspecified atom stereocenters. The predicted octanol–water partition coefficient (Wildman–Crippen LogP) is 1.29. The summed E-state index contributed by atoms with van der Waals surface area (Å²) < 4.78 is 0. The van der Waals surface area contributed by atoms with E-state index in [9.17, 15) is 9.59 Å². The van der Waals surface area contributed by atoms with Crippen LogP contribution in [0.2, 0.25) is 0 Å². The zero-order valence-electron chi connectivity index (χ0n) is 10.1. The molecule has 1 saturated carbocycles. The fraction of sp³-hybridized carbons (Fsp3) is 0.818. The molecule has 1 fully saturated rings. The zero-order chi connectivity index (χ0) is 12.3. The maximum absolute atomic E-state index is 11.7. The van der Waals surface area contributed by atoms with E-state index in [1.165, 1.54) is 0 Å². The van der Waals surface area contributed by atoms with Gasteiger partial charge in [0.05, 0.1) is 0 Å².